The number of nitrogens with zero attached hydrogens (tertiary/aromatic N) is 5. The van der Waals surface area contributed by atoms with Crippen molar-refractivity contribution in [1.82, 2.24) is 19.2 Å². The summed E-state index contributed by atoms with van der Waals surface area (Å²) < 4.78 is 10.6. The van der Waals surface area contributed by atoms with Crippen LogP contribution in [0.1, 0.15) is 42.9 Å². The Morgan fingerprint density at radius 1 is 0.970 bits per heavy atom. The van der Waals surface area contributed by atoms with Crippen LogP contribution in [0.4, 0.5) is 5.95 Å². The van der Waals surface area contributed by atoms with E-state index in [1.165, 1.54) is 43.2 Å². The van der Waals surface area contributed by atoms with Crippen LogP contribution in [0, 0.1) is 4.77 Å². The van der Waals surface area contributed by atoms with E-state index >= 15 is 0 Å². The maximum Gasteiger partial charge on any atom is 0.230 e. The molecule has 33 heavy (non-hydrogen) atoms. The van der Waals surface area contributed by atoms with E-state index in [0.29, 0.717) is 12.1 Å². The Labute approximate surface area is 200 Å². The molecule has 1 atom stereocenters. The van der Waals surface area contributed by atoms with Gasteiger partial charge in [0.1, 0.15) is 0 Å². The van der Waals surface area contributed by atoms with Crippen LogP contribution >= 0.6 is 12.2 Å². The van der Waals surface area contributed by atoms with Gasteiger partial charge < -0.3 is 9.64 Å². The maximum absolute atomic E-state index is 6.05. The van der Waals surface area contributed by atoms with Gasteiger partial charge in [0.05, 0.1) is 25.6 Å². The zero-order valence-electron chi connectivity index (χ0n) is 19.0. The average molecular weight is 462 g/mol. The van der Waals surface area contributed by atoms with E-state index in [-0.39, 0.29) is 0 Å². The standard InChI is InChI=1S/C26H31N5OS/c33-26-30(19-29(21-13-14-21)24-12-6-8-20-7-4-5-11-23(20)24)27-25(28-15-17-32-18-16-28)31(26)22-9-2-1-3-10-22/h1-5,7,9-11,21,24H,6,8,12-19H2. The topological polar surface area (TPSA) is 38.5 Å². The van der Waals surface area contributed by atoms with Crippen LogP contribution in [0.2, 0.25) is 0 Å². The van der Waals surface area contributed by atoms with Gasteiger partial charge in [0.15, 0.2) is 0 Å². The molecule has 0 amide bonds. The molecule has 1 aromatic heterocycles. The lowest BCUT2D eigenvalue weighted by Crippen LogP contribution is -2.38. The predicted octanol–water partition coefficient (Wildman–Crippen LogP) is 4.74. The molecule has 1 unspecified atom stereocenters. The molecule has 2 heterocycles. The van der Waals surface area contributed by atoms with E-state index in [9.17, 15) is 0 Å². The van der Waals surface area contributed by atoms with Gasteiger partial charge in [-0.2, -0.15) is 0 Å². The van der Waals surface area contributed by atoms with Gasteiger partial charge in [-0.25, -0.2) is 4.68 Å². The Kier molecular flexibility index (Phi) is 5.78. The zero-order chi connectivity index (χ0) is 22.2. The van der Waals surface area contributed by atoms with E-state index in [1.807, 2.05) is 6.07 Å². The lowest BCUT2D eigenvalue weighted by Gasteiger charge is -2.36. The number of aromatic nitrogens is 3. The normalized spacial score (nSPS) is 20.8. The molecule has 172 valence electrons. The first-order valence-corrected chi connectivity index (χ1v) is 12.6. The molecule has 2 aliphatic carbocycles. The van der Waals surface area contributed by atoms with Crippen molar-refractivity contribution >= 4 is 18.2 Å². The summed E-state index contributed by atoms with van der Waals surface area (Å²) in [7, 11) is 0. The molecule has 1 saturated carbocycles. The van der Waals surface area contributed by atoms with Crippen LogP contribution in [0.15, 0.2) is 54.6 Å². The Balaban J connectivity index is 1.38. The van der Waals surface area contributed by atoms with Crippen LogP contribution in [-0.4, -0.2) is 51.6 Å². The van der Waals surface area contributed by atoms with Crippen molar-refractivity contribution in [3.63, 3.8) is 0 Å². The van der Waals surface area contributed by atoms with E-state index in [1.54, 1.807) is 0 Å². The highest BCUT2D eigenvalue weighted by atomic mass is 32.1. The van der Waals surface area contributed by atoms with E-state index in [0.717, 1.165) is 49.4 Å². The van der Waals surface area contributed by atoms with Gasteiger partial charge in [0.25, 0.3) is 0 Å². The number of hydrogen-bond acceptors (Lipinski definition) is 5. The van der Waals surface area contributed by atoms with Gasteiger partial charge in [-0.15, -0.1) is 5.10 Å². The van der Waals surface area contributed by atoms with Crippen LogP contribution in [0.5, 0.6) is 0 Å². The summed E-state index contributed by atoms with van der Waals surface area (Å²) in [5, 5.41) is 5.11. The lowest BCUT2D eigenvalue weighted by atomic mass is 9.87. The monoisotopic (exact) mass is 461 g/mol. The number of hydrogen-bond donors (Lipinski definition) is 0. The number of aryl methyl sites for hydroxylation is 1. The van der Waals surface area contributed by atoms with E-state index in [4.69, 9.17) is 22.1 Å². The average Bonchev–Trinajstić information content (AvgIpc) is 3.67. The van der Waals surface area contributed by atoms with E-state index in [2.05, 4.69) is 67.6 Å². The molecular formula is C26H31N5OS. The fraction of sp³-hybridized carbons (Fsp3) is 0.462. The molecule has 0 N–H and O–H groups in total. The van der Waals surface area contributed by atoms with Crippen molar-refractivity contribution in [2.75, 3.05) is 31.2 Å². The number of para-hydroxylation sites is 1. The minimum atomic E-state index is 0.443. The largest absolute Gasteiger partial charge is 0.378 e. The number of rotatable bonds is 6. The molecule has 3 aliphatic rings. The van der Waals surface area contributed by atoms with Crippen LogP contribution in [0.3, 0.4) is 0 Å². The molecule has 1 saturated heterocycles. The van der Waals surface area contributed by atoms with Crippen molar-refractivity contribution in [2.24, 2.45) is 0 Å². The SMILES string of the molecule is S=c1n(CN(C2CC2)C2CCCc3ccccc32)nc(N2CCOCC2)n1-c1ccccc1. The van der Waals surface area contributed by atoms with Crippen molar-refractivity contribution < 1.29 is 4.74 Å². The molecule has 0 bridgehead atoms. The Morgan fingerprint density at radius 3 is 2.52 bits per heavy atom. The van der Waals surface area contributed by atoms with Crippen LogP contribution < -0.4 is 4.90 Å². The van der Waals surface area contributed by atoms with Gasteiger partial charge in [0.2, 0.25) is 10.7 Å². The molecule has 6 nitrogen and oxygen atoms in total. The molecular weight excluding hydrogens is 430 g/mol. The Hall–Kier alpha value is -2.48. The Morgan fingerprint density at radius 2 is 1.73 bits per heavy atom. The molecule has 1 aliphatic heterocycles. The summed E-state index contributed by atoms with van der Waals surface area (Å²) in [6.45, 7) is 3.85. The van der Waals surface area contributed by atoms with Gasteiger partial charge in [-0.3, -0.25) is 9.47 Å². The highest BCUT2D eigenvalue weighted by Gasteiger charge is 2.37. The fourth-order valence-corrected chi connectivity index (χ4v) is 5.65. The molecule has 3 aromatic rings. The zero-order valence-corrected chi connectivity index (χ0v) is 19.8. The molecule has 2 aromatic carbocycles. The lowest BCUT2D eigenvalue weighted by molar-refractivity contribution is 0.117. The smallest absolute Gasteiger partial charge is 0.230 e. The van der Waals surface area contributed by atoms with Crippen molar-refractivity contribution in [3.05, 3.63) is 70.5 Å². The van der Waals surface area contributed by atoms with Crippen molar-refractivity contribution in [1.29, 1.82) is 0 Å². The minimum absolute atomic E-state index is 0.443. The van der Waals surface area contributed by atoms with Gasteiger partial charge in [-0.1, -0.05) is 42.5 Å². The first-order valence-electron chi connectivity index (χ1n) is 12.2. The fourth-order valence-electron chi connectivity index (χ4n) is 5.36. The summed E-state index contributed by atoms with van der Waals surface area (Å²) in [5.74, 6) is 0.925. The highest BCUT2D eigenvalue weighted by molar-refractivity contribution is 7.71. The summed E-state index contributed by atoms with van der Waals surface area (Å²) in [4.78, 5) is 4.97. The number of anilines is 1. The molecule has 7 heteroatoms. The third-order valence-electron chi connectivity index (χ3n) is 7.18. The number of morpholine rings is 1. The van der Waals surface area contributed by atoms with E-state index < -0.39 is 0 Å². The predicted molar refractivity (Wildman–Crippen MR) is 132 cm³/mol. The second kappa shape index (κ2) is 9.05. The summed E-state index contributed by atoms with van der Waals surface area (Å²) in [6, 6.07) is 20.5. The summed E-state index contributed by atoms with van der Waals surface area (Å²) in [6.07, 6.45) is 6.17. The summed E-state index contributed by atoms with van der Waals surface area (Å²) >= 11 is 6.05. The van der Waals surface area contributed by atoms with Crippen LogP contribution in [-0.2, 0) is 17.8 Å². The number of fused-ring (bicyclic) bond motifs is 1. The second-order valence-corrected chi connectivity index (χ2v) is 9.71. The third kappa shape index (κ3) is 4.14. The maximum atomic E-state index is 6.05. The molecule has 6 rings (SSSR count). The van der Waals surface area contributed by atoms with Gasteiger partial charge >= 0.3 is 0 Å². The highest BCUT2D eigenvalue weighted by Crippen LogP contribution is 2.41. The van der Waals surface area contributed by atoms with Gasteiger partial charge in [0, 0.05) is 25.2 Å². The van der Waals surface area contributed by atoms with Crippen molar-refractivity contribution in [3.8, 4) is 5.69 Å². The summed E-state index contributed by atoms with van der Waals surface area (Å²) in [5.41, 5.74) is 4.07. The van der Waals surface area contributed by atoms with Crippen LogP contribution in [0.25, 0.3) is 5.69 Å². The van der Waals surface area contributed by atoms with Gasteiger partial charge in [-0.05, 0) is 67.6 Å². The number of benzene rings is 2. The molecule has 0 spiro atoms. The first kappa shape index (κ1) is 21.1. The third-order valence-corrected chi connectivity index (χ3v) is 7.58. The Bertz CT molecular complexity index is 1160. The molecule has 2 fully saturated rings. The van der Waals surface area contributed by atoms with Crippen molar-refractivity contribution in [2.45, 2.75) is 50.9 Å². The quantitative estimate of drug-likeness (QED) is 0.496. The first-order chi connectivity index (χ1) is 16.3. The minimum Gasteiger partial charge on any atom is -0.378 e. The number of ether oxygens (including phenoxy) is 1. The second-order valence-electron chi connectivity index (χ2n) is 9.35. The molecule has 0 radical (unpaired) electrons.